The molecule has 0 saturated carbocycles. The van der Waals surface area contributed by atoms with Crippen LogP contribution in [-0.4, -0.2) is 18.0 Å². The van der Waals surface area contributed by atoms with Gasteiger partial charge in [-0.2, -0.15) is 0 Å². The molecule has 3 N–H and O–H groups in total. The summed E-state index contributed by atoms with van der Waals surface area (Å²) in [6.07, 6.45) is 0.853. The summed E-state index contributed by atoms with van der Waals surface area (Å²) in [5.74, 6) is -0.216. The molecular formula is C19H23N3O2. The minimum Gasteiger partial charge on any atom is -0.335 e. The van der Waals surface area contributed by atoms with E-state index in [0.29, 0.717) is 11.3 Å². The number of hydrogen-bond donors (Lipinski definition) is 3. The largest absolute Gasteiger partial charge is 0.335 e. The van der Waals surface area contributed by atoms with E-state index in [1.165, 1.54) is 0 Å². The maximum atomic E-state index is 12.3. The second-order valence-electron chi connectivity index (χ2n) is 5.76. The molecule has 0 aliphatic rings. The Kier molecular flexibility index (Phi) is 5.95. The molecule has 0 spiro atoms. The number of hydrogen-bond acceptors (Lipinski definition) is 2. The minimum atomic E-state index is -0.270. The highest BCUT2D eigenvalue weighted by Gasteiger charge is 2.11. The van der Waals surface area contributed by atoms with Gasteiger partial charge in [0.2, 0.25) is 0 Å². The molecule has 0 heterocycles. The number of carbonyl (C=O) groups excluding carboxylic acids is 2. The van der Waals surface area contributed by atoms with Crippen LogP contribution in [0.2, 0.25) is 0 Å². The summed E-state index contributed by atoms with van der Waals surface area (Å²) in [5.41, 5.74) is 2.73. The second-order valence-corrected chi connectivity index (χ2v) is 5.76. The van der Waals surface area contributed by atoms with E-state index < -0.39 is 0 Å². The van der Waals surface area contributed by atoms with Crippen molar-refractivity contribution in [3.63, 3.8) is 0 Å². The van der Waals surface area contributed by atoms with Crippen LogP contribution < -0.4 is 16.0 Å². The lowest BCUT2D eigenvalue weighted by Gasteiger charge is -2.14. The van der Waals surface area contributed by atoms with Crippen LogP contribution in [0.25, 0.3) is 0 Å². The predicted molar refractivity (Wildman–Crippen MR) is 97.5 cm³/mol. The zero-order chi connectivity index (χ0) is 17.5. The number of carbonyl (C=O) groups is 2. The quantitative estimate of drug-likeness (QED) is 0.772. The molecule has 126 valence electrons. The van der Waals surface area contributed by atoms with Crippen molar-refractivity contribution in [3.05, 3.63) is 59.7 Å². The molecule has 0 saturated heterocycles. The van der Waals surface area contributed by atoms with Gasteiger partial charge in [-0.25, -0.2) is 4.79 Å². The molecule has 1 atom stereocenters. The van der Waals surface area contributed by atoms with Crippen LogP contribution in [0.4, 0.5) is 16.2 Å². The van der Waals surface area contributed by atoms with Gasteiger partial charge in [-0.15, -0.1) is 0 Å². The first-order chi connectivity index (χ1) is 11.5. The SMILES string of the molecule is CCC(C)NC(=O)Nc1cc(C(=O)Nc2ccccc2)ccc1C. The third-order valence-electron chi connectivity index (χ3n) is 3.77. The predicted octanol–water partition coefficient (Wildman–Crippen LogP) is 4.17. The molecular weight excluding hydrogens is 302 g/mol. The average molecular weight is 325 g/mol. The molecule has 3 amide bonds. The molecule has 0 fully saturated rings. The molecule has 1 unspecified atom stereocenters. The fourth-order valence-electron chi connectivity index (χ4n) is 2.11. The second kappa shape index (κ2) is 8.15. The number of aryl methyl sites for hydroxylation is 1. The molecule has 0 bridgehead atoms. The van der Waals surface area contributed by atoms with Gasteiger partial charge in [0.25, 0.3) is 5.91 Å². The van der Waals surface area contributed by atoms with E-state index in [4.69, 9.17) is 0 Å². The van der Waals surface area contributed by atoms with Crippen molar-refractivity contribution in [3.8, 4) is 0 Å². The summed E-state index contributed by atoms with van der Waals surface area (Å²) >= 11 is 0. The van der Waals surface area contributed by atoms with E-state index in [0.717, 1.165) is 17.7 Å². The van der Waals surface area contributed by atoms with Crippen molar-refractivity contribution in [2.75, 3.05) is 10.6 Å². The van der Waals surface area contributed by atoms with Crippen LogP contribution in [0.5, 0.6) is 0 Å². The van der Waals surface area contributed by atoms with Crippen LogP contribution >= 0.6 is 0 Å². The molecule has 0 aliphatic heterocycles. The van der Waals surface area contributed by atoms with Gasteiger partial charge >= 0.3 is 6.03 Å². The number of anilines is 2. The lowest BCUT2D eigenvalue weighted by Crippen LogP contribution is -2.35. The molecule has 5 nitrogen and oxygen atoms in total. The molecule has 0 radical (unpaired) electrons. The number of urea groups is 1. The Hall–Kier alpha value is -2.82. The van der Waals surface area contributed by atoms with Crippen molar-refractivity contribution in [1.29, 1.82) is 0 Å². The normalized spacial score (nSPS) is 11.5. The van der Waals surface area contributed by atoms with Gasteiger partial charge in [0.05, 0.1) is 0 Å². The third-order valence-corrected chi connectivity index (χ3v) is 3.77. The average Bonchev–Trinajstić information content (AvgIpc) is 2.57. The van der Waals surface area contributed by atoms with Crippen molar-refractivity contribution in [1.82, 2.24) is 5.32 Å². The van der Waals surface area contributed by atoms with Gasteiger partial charge in [-0.05, 0) is 50.1 Å². The Morgan fingerprint density at radius 1 is 1.04 bits per heavy atom. The van der Waals surface area contributed by atoms with Crippen LogP contribution in [0, 0.1) is 6.92 Å². The molecule has 2 aromatic carbocycles. The Labute approximate surface area is 142 Å². The van der Waals surface area contributed by atoms with Crippen molar-refractivity contribution < 1.29 is 9.59 Å². The van der Waals surface area contributed by atoms with Crippen molar-refractivity contribution in [2.24, 2.45) is 0 Å². The van der Waals surface area contributed by atoms with Crippen LogP contribution in [0.3, 0.4) is 0 Å². The van der Waals surface area contributed by atoms with Crippen LogP contribution in [0.15, 0.2) is 48.5 Å². The first kappa shape index (κ1) is 17.5. The summed E-state index contributed by atoms with van der Waals surface area (Å²) in [4.78, 5) is 24.3. The maximum absolute atomic E-state index is 12.3. The Balaban J connectivity index is 2.10. The molecule has 24 heavy (non-hydrogen) atoms. The number of rotatable bonds is 5. The lowest BCUT2D eigenvalue weighted by molar-refractivity contribution is 0.102. The maximum Gasteiger partial charge on any atom is 0.319 e. The highest BCUT2D eigenvalue weighted by molar-refractivity contribution is 6.05. The third kappa shape index (κ3) is 4.84. The molecule has 2 aromatic rings. The number of para-hydroxylation sites is 1. The van der Waals surface area contributed by atoms with Crippen molar-refractivity contribution >= 4 is 23.3 Å². The van der Waals surface area contributed by atoms with Crippen molar-refractivity contribution in [2.45, 2.75) is 33.2 Å². The fraction of sp³-hybridized carbons (Fsp3) is 0.263. The van der Waals surface area contributed by atoms with Gasteiger partial charge in [0.1, 0.15) is 0 Å². The van der Waals surface area contributed by atoms with E-state index in [-0.39, 0.29) is 18.0 Å². The van der Waals surface area contributed by atoms with E-state index in [1.807, 2.05) is 57.2 Å². The van der Waals surface area contributed by atoms with E-state index in [1.54, 1.807) is 12.1 Å². The highest BCUT2D eigenvalue weighted by atomic mass is 16.2. The summed E-state index contributed by atoms with van der Waals surface area (Å²) in [7, 11) is 0. The molecule has 2 rings (SSSR count). The molecule has 0 aromatic heterocycles. The number of benzene rings is 2. The standard InChI is InChI=1S/C19H23N3O2/c1-4-14(3)20-19(24)22-17-12-15(11-10-13(17)2)18(23)21-16-8-6-5-7-9-16/h5-12,14H,4H2,1-3H3,(H,21,23)(H2,20,22,24). The topological polar surface area (TPSA) is 70.2 Å². The van der Waals surface area contributed by atoms with E-state index in [9.17, 15) is 9.59 Å². The van der Waals surface area contributed by atoms with E-state index >= 15 is 0 Å². The van der Waals surface area contributed by atoms with Gasteiger partial charge in [0.15, 0.2) is 0 Å². The fourth-order valence-corrected chi connectivity index (χ4v) is 2.11. The van der Waals surface area contributed by atoms with Gasteiger partial charge in [-0.3, -0.25) is 4.79 Å². The first-order valence-corrected chi connectivity index (χ1v) is 8.04. The Bertz CT molecular complexity index is 714. The lowest BCUT2D eigenvalue weighted by atomic mass is 10.1. The summed E-state index contributed by atoms with van der Waals surface area (Å²) in [6.45, 7) is 5.83. The zero-order valence-electron chi connectivity index (χ0n) is 14.2. The van der Waals surface area contributed by atoms with Crippen LogP contribution in [-0.2, 0) is 0 Å². The number of nitrogens with one attached hydrogen (secondary N) is 3. The smallest absolute Gasteiger partial charge is 0.319 e. The zero-order valence-corrected chi connectivity index (χ0v) is 14.2. The van der Waals surface area contributed by atoms with Gasteiger partial charge < -0.3 is 16.0 Å². The minimum absolute atomic E-state index is 0.0925. The Morgan fingerprint density at radius 3 is 2.42 bits per heavy atom. The first-order valence-electron chi connectivity index (χ1n) is 8.04. The Morgan fingerprint density at radius 2 is 1.75 bits per heavy atom. The summed E-state index contributed by atoms with van der Waals surface area (Å²) in [5, 5.41) is 8.48. The van der Waals surface area contributed by atoms with Crippen LogP contribution in [0.1, 0.15) is 36.2 Å². The van der Waals surface area contributed by atoms with E-state index in [2.05, 4.69) is 16.0 Å². The number of amides is 3. The van der Waals surface area contributed by atoms with Gasteiger partial charge in [-0.1, -0.05) is 31.2 Å². The summed E-state index contributed by atoms with van der Waals surface area (Å²) < 4.78 is 0. The highest BCUT2D eigenvalue weighted by Crippen LogP contribution is 2.18. The van der Waals surface area contributed by atoms with Gasteiger partial charge in [0, 0.05) is 23.0 Å². The monoisotopic (exact) mass is 325 g/mol. The molecule has 0 aliphatic carbocycles. The molecule has 5 heteroatoms. The summed E-state index contributed by atoms with van der Waals surface area (Å²) in [6, 6.07) is 14.3.